The molecule has 4 heterocycles. The highest BCUT2D eigenvalue weighted by molar-refractivity contribution is 5.95. The van der Waals surface area contributed by atoms with Gasteiger partial charge in [0.2, 0.25) is 5.76 Å². The van der Waals surface area contributed by atoms with E-state index in [1.165, 1.54) is 19.5 Å². The lowest BCUT2D eigenvalue weighted by molar-refractivity contribution is -0.143. The van der Waals surface area contributed by atoms with Crippen LogP contribution in [0.5, 0.6) is 5.88 Å². The van der Waals surface area contributed by atoms with Gasteiger partial charge in [-0.1, -0.05) is 0 Å². The number of piperidine rings is 1. The first-order valence-corrected chi connectivity index (χ1v) is 8.59. The number of nitrogens with zero attached hydrogens (tertiary/aromatic N) is 5. The molecule has 0 aromatic carbocycles. The number of rotatable bonds is 3. The molecular formula is C17H19N5O5. The molecule has 2 aromatic heterocycles. The van der Waals surface area contributed by atoms with E-state index in [1.54, 1.807) is 22.2 Å². The Morgan fingerprint density at radius 3 is 2.67 bits per heavy atom. The van der Waals surface area contributed by atoms with Crippen LogP contribution in [0.2, 0.25) is 0 Å². The van der Waals surface area contributed by atoms with Gasteiger partial charge in [-0.15, -0.1) is 0 Å². The van der Waals surface area contributed by atoms with E-state index in [1.807, 2.05) is 0 Å². The van der Waals surface area contributed by atoms with E-state index in [0.717, 1.165) is 0 Å². The van der Waals surface area contributed by atoms with Crippen LogP contribution in [0.15, 0.2) is 29.3 Å². The molecule has 0 N–H and O–H groups in total. The molecule has 2 aliphatic heterocycles. The molecule has 2 amide bonds. The minimum atomic E-state index is -0.486. The lowest BCUT2D eigenvalue weighted by atomic mass is 9.89. The number of anilines is 1. The molecule has 27 heavy (non-hydrogen) atoms. The summed E-state index contributed by atoms with van der Waals surface area (Å²) >= 11 is 0. The largest absolute Gasteiger partial charge is 0.479 e. The molecule has 2 saturated heterocycles. The topological polar surface area (TPSA) is 111 Å². The Kier molecular flexibility index (Phi) is 4.48. The van der Waals surface area contributed by atoms with Crippen LogP contribution in [-0.2, 0) is 9.53 Å². The summed E-state index contributed by atoms with van der Waals surface area (Å²) in [5, 5.41) is 3.66. The summed E-state index contributed by atoms with van der Waals surface area (Å²) in [6, 6.07) is 1.47. The van der Waals surface area contributed by atoms with Crippen molar-refractivity contribution in [3.8, 4) is 5.88 Å². The lowest BCUT2D eigenvalue weighted by Crippen LogP contribution is -2.59. The number of carbonyl (C=O) groups excluding carboxylic acids is 2. The fourth-order valence-electron chi connectivity index (χ4n) is 3.41. The number of likely N-dealkylation sites (tertiary alicyclic amines) is 1. The van der Waals surface area contributed by atoms with Crippen molar-refractivity contribution >= 4 is 17.5 Å². The van der Waals surface area contributed by atoms with Crippen LogP contribution in [0.4, 0.5) is 5.69 Å². The molecule has 2 aromatic rings. The zero-order valence-electron chi connectivity index (χ0n) is 14.8. The molecule has 2 fully saturated rings. The second kappa shape index (κ2) is 6.95. The van der Waals surface area contributed by atoms with E-state index in [9.17, 15) is 9.59 Å². The fraction of sp³-hybridized carbons (Fsp3) is 0.471. The minimum absolute atomic E-state index is 0.00213. The number of hydrogen-bond acceptors (Lipinski definition) is 8. The van der Waals surface area contributed by atoms with Gasteiger partial charge in [-0.25, -0.2) is 9.97 Å². The van der Waals surface area contributed by atoms with Crippen LogP contribution in [0.3, 0.4) is 0 Å². The van der Waals surface area contributed by atoms with Crippen molar-refractivity contribution < 1.29 is 23.6 Å². The standard InChI is InChI=1S/C17H19N5O5/c1-25-14-6-13(27-20-14)16(24)21-4-2-17(3-5-21)10-22(15(23)9-26-17)12-7-18-11-19-8-12/h6-8,11H,2-5,9-10H2,1H3. The van der Waals surface area contributed by atoms with Crippen molar-refractivity contribution in [2.45, 2.75) is 18.4 Å². The number of amides is 2. The molecular weight excluding hydrogens is 354 g/mol. The maximum atomic E-state index is 12.6. The number of carbonyl (C=O) groups is 2. The predicted octanol–water partition coefficient (Wildman–Crippen LogP) is 0.511. The second-order valence-corrected chi connectivity index (χ2v) is 6.57. The van der Waals surface area contributed by atoms with Crippen LogP contribution in [0, 0.1) is 0 Å². The third-order valence-electron chi connectivity index (χ3n) is 4.98. The fourth-order valence-corrected chi connectivity index (χ4v) is 3.41. The van der Waals surface area contributed by atoms with Crippen molar-refractivity contribution in [2.75, 3.05) is 38.3 Å². The maximum Gasteiger partial charge on any atom is 0.292 e. The Morgan fingerprint density at radius 2 is 2.00 bits per heavy atom. The van der Waals surface area contributed by atoms with Crippen molar-refractivity contribution in [3.63, 3.8) is 0 Å². The van der Waals surface area contributed by atoms with Crippen LogP contribution in [0.1, 0.15) is 23.4 Å². The van der Waals surface area contributed by atoms with Gasteiger partial charge in [0.1, 0.15) is 12.9 Å². The van der Waals surface area contributed by atoms with E-state index >= 15 is 0 Å². The summed E-state index contributed by atoms with van der Waals surface area (Å²) in [6.45, 7) is 1.41. The quantitative estimate of drug-likeness (QED) is 0.765. The summed E-state index contributed by atoms with van der Waals surface area (Å²) in [7, 11) is 1.46. The normalized spacial score (nSPS) is 19.4. The van der Waals surface area contributed by atoms with E-state index in [0.29, 0.717) is 38.2 Å². The Morgan fingerprint density at radius 1 is 1.26 bits per heavy atom. The molecule has 4 rings (SSSR count). The second-order valence-electron chi connectivity index (χ2n) is 6.57. The molecule has 2 aliphatic rings. The van der Waals surface area contributed by atoms with Crippen molar-refractivity contribution in [2.24, 2.45) is 0 Å². The summed E-state index contributed by atoms with van der Waals surface area (Å²) in [5.41, 5.74) is 0.164. The average molecular weight is 373 g/mol. The van der Waals surface area contributed by atoms with Crippen molar-refractivity contribution in [1.29, 1.82) is 0 Å². The van der Waals surface area contributed by atoms with Gasteiger partial charge in [0, 0.05) is 13.1 Å². The third-order valence-corrected chi connectivity index (χ3v) is 4.98. The molecule has 0 bridgehead atoms. The molecule has 10 nitrogen and oxygen atoms in total. The molecule has 0 unspecified atom stereocenters. The molecule has 10 heteroatoms. The van der Waals surface area contributed by atoms with Crippen molar-refractivity contribution in [1.82, 2.24) is 20.0 Å². The SMILES string of the molecule is COc1cc(C(=O)N2CCC3(CC2)CN(c2cncnc2)C(=O)CO3)on1. The van der Waals surface area contributed by atoms with Crippen LogP contribution in [-0.4, -0.2) is 70.8 Å². The van der Waals surface area contributed by atoms with Gasteiger partial charge in [-0.2, -0.15) is 0 Å². The summed E-state index contributed by atoms with van der Waals surface area (Å²) in [6.07, 6.45) is 5.87. The average Bonchev–Trinajstić information content (AvgIpc) is 3.20. The first kappa shape index (κ1) is 17.4. The highest BCUT2D eigenvalue weighted by Crippen LogP contribution is 2.33. The van der Waals surface area contributed by atoms with Gasteiger partial charge in [-0.05, 0) is 18.0 Å². The van der Waals surface area contributed by atoms with Gasteiger partial charge in [0.25, 0.3) is 17.7 Å². The Balaban J connectivity index is 1.43. The number of morpholine rings is 1. The number of ether oxygens (including phenoxy) is 2. The number of methoxy groups -OCH3 is 1. The van der Waals surface area contributed by atoms with E-state index in [4.69, 9.17) is 14.0 Å². The number of hydrogen-bond donors (Lipinski definition) is 0. The summed E-state index contributed by atoms with van der Waals surface area (Å²) in [4.78, 5) is 36.1. The molecule has 0 radical (unpaired) electrons. The van der Waals surface area contributed by atoms with Crippen LogP contribution in [0.25, 0.3) is 0 Å². The van der Waals surface area contributed by atoms with Crippen molar-refractivity contribution in [3.05, 3.63) is 30.5 Å². The van der Waals surface area contributed by atoms with Gasteiger partial charge in [0.05, 0.1) is 43.4 Å². The van der Waals surface area contributed by atoms with Crippen LogP contribution >= 0.6 is 0 Å². The maximum absolute atomic E-state index is 12.6. The zero-order valence-corrected chi connectivity index (χ0v) is 14.8. The van der Waals surface area contributed by atoms with Gasteiger partial charge < -0.3 is 23.8 Å². The van der Waals surface area contributed by atoms with Gasteiger partial charge in [0.15, 0.2) is 0 Å². The third kappa shape index (κ3) is 3.35. The molecule has 0 aliphatic carbocycles. The predicted molar refractivity (Wildman–Crippen MR) is 91.3 cm³/mol. The molecule has 0 atom stereocenters. The van der Waals surface area contributed by atoms with Gasteiger partial charge in [-0.3, -0.25) is 9.59 Å². The molecule has 1 spiro atoms. The van der Waals surface area contributed by atoms with Gasteiger partial charge >= 0.3 is 0 Å². The van der Waals surface area contributed by atoms with E-state index in [-0.39, 0.29) is 30.1 Å². The first-order chi connectivity index (χ1) is 13.1. The zero-order chi connectivity index (χ0) is 18.9. The smallest absolute Gasteiger partial charge is 0.292 e. The summed E-state index contributed by atoms with van der Waals surface area (Å²) < 4.78 is 15.9. The lowest BCUT2D eigenvalue weighted by Gasteiger charge is -2.46. The Labute approximate surface area is 155 Å². The number of aromatic nitrogens is 3. The molecule has 142 valence electrons. The molecule has 0 saturated carbocycles. The summed E-state index contributed by atoms with van der Waals surface area (Å²) in [5.74, 6) is 0.0517. The Bertz CT molecular complexity index is 831. The first-order valence-electron chi connectivity index (χ1n) is 8.59. The monoisotopic (exact) mass is 373 g/mol. The minimum Gasteiger partial charge on any atom is -0.479 e. The van der Waals surface area contributed by atoms with E-state index < -0.39 is 5.60 Å². The highest BCUT2D eigenvalue weighted by Gasteiger charge is 2.44. The van der Waals surface area contributed by atoms with E-state index in [2.05, 4.69) is 15.1 Å². The van der Waals surface area contributed by atoms with Crippen LogP contribution < -0.4 is 9.64 Å². The highest BCUT2D eigenvalue weighted by atomic mass is 16.5. The Hall–Kier alpha value is -3.01.